The lowest BCUT2D eigenvalue weighted by molar-refractivity contribution is -0.138. The molecule has 4 nitrogen and oxygen atoms in total. The fourth-order valence-electron chi connectivity index (χ4n) is 2.66. The van der Waals surface area contributed by atoms with Crippen LogP contribution in [0.25, 0.3) is 0 Å². The van der Waals surface area contributed by atoms with Crippen LogP contribution in [0.5, 0.6) is 5.75 Å². The van der Waals surface area contributed by atoms with Gasteiger partial charge in [-0.15, -0.1) is 0 Å². The van der Waals surface area contributed by atoms with E-state index < -0.39 is 0 Å². The smallest absolute Gasteiger partial charge is 0.227 e. The van der Waals surface area contributed by atoms with Crippen LogP contribution in [0.15, 0.2) is 48.5 Å². The minimum Gasteiger partial charge on any atom is -0.508 e. The molecule has 5 heteroatoms. The van der Waals surface area contributed by atoms with E-state index in [1.807, 2.05) is 29.2 Å². The number of hydrogen-bond acceptors (Lipinski definition) is 3. The molecule has 0 spiro atoms. The number of benzene rings is 2. The first-order chi connectivity index (χ1) is 11.1. The van der Waals surface area contributed by atoms with Gasteiger partial charge in [0.15, 0.2) is 0 Å². The van der Waals surface area contributed by atoms with Crippen LogP contribution in [0.1, 0.15) is 17.2 Å². The maximum absolute atomic E-state index is 12.5. The van der Waals surface area contributed by atoms with Gasteiger partial charge in [-0.1, -0.05) is 35.9 Å². The van der Waals surface area contributed by atoms with Crippen LogP contribution in [-0.4, -0.2) is 35.6 Å². The molecule has 1 aliphatic heterocycles. The molecule has 0 aromatic heterocycles. The molecule has 2 aromatic rings. The van der Waals surface area contributed by atoms with Gasteiger partial charge in [0.1, 0.15) is 11.9 Å². The van der Waals surface area contributed by atoms with Crippen molar-refractivity contribution in [3.8, 4) is 5.75 Å². The number of amides is 1. The maximum atomic E-state index is 12.5. The van der Waals surface area contributed by atoms with Gasteiger partial charge >= 0.3 is 0 Å². The number of carbonyl (C=O) groups excluding carboxylic acids is 1. The van der Waals surface area contributed by atoms with E-state index in [0.717, 1.165) is 11.1 Å². The van der Waals surface area contributed by atoms with E-state index >= 15 is 0 Å². The van der Waals surface area contributed by atoms with Crippen molar-refractivity contribution in [3.05, 3.63) is 64.7 Å². The fraction of sp³-hybridized carbons (Fsp3) is 0.278. The summed E-state index contributed by atoms with van der Waals surface area (Å²) in [5.41, 5.74) is 1.92. The molecule has 1 saturated heterocycles. The summed E-state index contributed by atoms with van der Waals surface area (Å²) in [5.74, 6) is 0.272. The Hall–Kier alpha value is -2.04. The monoisotopic (exact) mass is 331 g/mol. The molecule has 1 atom stereocenters. The zero-order valence-corrected chi connectivity index (χ0v) is 13.4. The van der Waals surface area contributed by atoms with Crippen molar-refractivity contribution in [1.82, 2.24) is 4.90 Å². The normalized spacial score (nSPS) is 18.0. The van der Waals surface area contributed by atoms with Gasteiger partial charge in [0.25, 0.3) is 0 Å². The molecule has 0 saturated carbocycles. The first-order valence-corrected chi connectivity index (χ1v) is 7.92. The van der Waals surface area contributed by atoms with Crippen molar-refractivity contribution < 1.29 is 14.6 Å². The average Bonchev–Trinajstić information content (AvgIpc) is 2.58. The van der Waals surface area contributed by atoms with E-state index in [9.17, 15) is 9.90 Å². The summed E-state index contributed by atoms with van der Waals surface area (Å²) in [7, 11) is 0. The first-order valence-electron chi connectivity index (χ1n) is 7.54. The number of hydrogen-bond donors (Lipinski definition) is 1. The molecule has 0 bridgehead atoms. The summed E-state index contributed by atoms with van der Waals surface area (Å²) < 4.78 is 5.78. The quantitative estimate of drug-likeness (QED) is 0.939. The first kappa shape index (κ1) is 15.8. The van der Waals surface area contributed by atoms with Crippen LogP contribution in [0.4, 0.5) is 0 Å². The van der Waals surface area contributed by atoms with Gasteiger partial charge in [-0.3, -0.25) is 4.79 Å². The molecule has 3 rings (SSSR count). The van der Waals surface area contributed by atoms with Crippen molar-refractivity contribution in [2.75, 3.05) is 19.7 Å². The molecule has 1 fully saturated rings. The van der Waals surface area contributed by atoms with E-state index in [2.05, 4.69) is 0 Å². The van der Waals surface area contributed by atoms with Crippen molar-refractivity contribution in [3.63, 3.8) is 0 Å². The second-order valence-electron chi connectivity index (χ2n) is 5.59. The molecule has 0 aliphatic carbocycles. The molecule has 2 aromatic carbocycles. The third-order valence-corrected chi connectivity index (χ3v) is 4.20. The highest BCUT2D eigenvalue weighted by Gasteiger charge is 2.25. The SMILES string of the molecule is O=C(Cc1ccc(O)cc1)N1CCO[C@H](c2ccc(Cl)cc2)C1. The summed E-state index contributed by atoms with van der Waals surface area (Å²) in [5, 5.41) is 9.98. The molecule has 120 valence electrons. The second kappa shape index (κ2) is 7.02. The van der Waals surface area contributed by atoms with Gasteiger partial charge in [0.05, 0.1) is 19.6 Å². The molecule has 0 unspecified atom stereocenters. The van der Waals surface area contributed by atoms with Gasteiger partial charge in [0, 0.05) is 11.6 Å². The number of nitrogens with zero attached hydrogens (tertiary/aromatic N) is 1. The number of halogens is 1. The number of rotatable bonds is 3. The number of ether oxygens (including phenoxy) is 1. The number of morpholine rings is 1. The van der Waals surface area contributed by atoms with Crippen LogP contribution >= 0.6 is 11.6 Å². The summed E-state index contributed by atoms with van der Waals surface area (Å²) in [6.45, 7) is 1.66. The van der Waals surface area contributed by atoms with Crippen LogP contribution < -0.4 is 0 Å². The van der Waals surface area contributed by atoms with Gasteiger partial charge in [-0.05, 0) is 35.4 Å². The number of phenolic OH excluding ortho intramolecular Hbond substituents is 1. The molecular weight excluding hydrogens is 314 g/mol. The minimum absolute atomic E-state index is 0.0675. The van der Waals surface area contributed by atoms with Crippen molar-refractivity contribution in [1.29, 1.82) is 0 Å². The lowest BCUT2D eigenvalue weighted by atomic mass is 10.1. The van der Waals surface area contributed by atoms with E-state index in [1.165, 1.54) is 0 Å². The van der Waals surface area contributed by atoms with Crippen LogP contribution in [-0.2, 0) is 16.0 Å². The van der Waals surface area contributed by atoms with Crippen LogP contribution in [0.2, 0.25) is 5.02 Å². The average molecular weight is 332 g/mol. The predicted molar refractivity (Wildman–Crippen MR) is 88.5 cm³/mol. The summed E-state index contributed by atoms with van der Waals surface area (Å²) in [6.07, 6.45) is 0.206. The zero-order chi connectivity index (χ0) is 16.2. The third-order valence-electron chi connectivity index (χ3n) is 3.95. The lowest BCUT2D eigenvalue weighted by Gasteiger charge is -2.33. The molecule has 1 N–H and O–H groups in total. The molecule has 1 aliphatic rings. The van der Waals surface area contributed by atoms with Gasteiger partial charge in [-0.25, -0.2) is 0 Å². The maximum Gasteiger partial charge on any atom is 0.227 e. The zero-order valence-electron chi connectivity index (χ0n) is 12.6. The second-order valence-corrected chi connectivity index (χ2v) is 6.03. The molecule has 0 radical (unpaired) electrons. The highest BCUT2D eigenvalue weighted by atomic mass is 35.5. The lowest BCUT2D eigenvalue weighted by Crippen LogP contribution is -2.42. The van der Waals surface area contributed by atoms with Gasteiger partial charge < -0.3 is 14.7 Å². The highest BCUT2D eigenvalue weighted by Crippen LogP contribution is 2.24. The van der Waals surface area contributed by atoms with E-state index in [4.69, 9.17) is 16.3 Å². The fourth-order valence-corrected chi connectivity index (χ4v) is 2.78. The van der Waals surface area contributed by atoms with E-state index in [-0.39, 0.29) is 17.8 Å². The van der Waals surface area contributed by atoms with Crippen molar-refractivity contribution >= 4 is 17.5 Å². The Morgan fingerprint density at radius 1 is 1.17 bits per heavy atom. The van der Waals surface area contributed by atoms with Crippen LogP contribution in [0, 0.1) is 0 Å². The Morgan fingerprint density at radius 3 is 2.57 bits per heavy atom. The van der Waals surface area contributed by atoms with Crippen molar-refractivity contribution in [2.45, 2.75) is 12.5 Å². The van der Waals surface area contributed by atoms with Crippen molar-refractivity contribution in [2.24, 2.45) is 0 Å². The topological polar surface area (TPSA) is 49.8 Å². The summed E-state index contributed by atoms with van der Waals surface area (Å²) in [4.78, 5) is 14.3. The Morgan fingerprint density at radius 2 is 1.87 bits per heavy atom. The molecule has 1 heterocycles. The summed E-state index contributed by atoms with van der Waals surface area (Å²) >= 11 is 5.91. The van der Waals surface area contributed by atoms with E-state index in [1.54, 1.807) is 24.3 Å². The Kier molecular flexibility index (Phi) is 4.84. The Balaban J connectivity index is 1.64. The summed E-state index contributed by atoms with van der Waals surface area (Å²) in [6, 6.07) is 14.3. The Bertz CT molecular complexity index is 670. The van der Waals surface area contributed by atoms with Gasteiger partial charge in [-0.2, -0.15) is 0 Å². The highest BCUT2D eigenvalue weighted by molar-refractivity contribution is 6.30. The standard InChI is InChI=1S/C18H18ClNO3/c19-15-5-3-14(4-6-15)17-12-20(9-10-23-17)18(22)11-13-1-7-16(21)8-2-13/h1-8,17,21H,9-12H2/t17-/m0/s1. The minimum atomic E-state index is -0.121. The largest absolute Gasteiger partial charge is 0.508 e. The number of carbonyl (C=O) groups is 1. The predicted octanol–water partition coefficient (Wildman–Crippen LogP) is 3.19. The number of phenols is 1. The third kappa shape index (κ3) is 4.03. The van der Waals surface area contributed by atoms with E-state index in [0.29, 0.717) is 31.1 Å². The molecular formula is C18H18ClNO3. The molecule has 23 heavy (non-hydrogen) atoms. The van der Waals surface area contributed by atoms with Crippen LogP contribution in [0.3, 0.4) is 0 Å². The van der Waals surface area contributed by atoms with Gasteiger partial charge in [0.2, 0.25) is 5.91 Å². The Labute approximate surface area is 140 Å². The molecule has 1 amide bonds. The number of aromatic hydroxyl groups is 1.